The van der Waals surface area contributed by atoms with Gasteiger partial charge in [-0.2, -0.15) is 0 Å². The van der Waals surface area contributed by atoms with Crippen LogP contribution in [0.2, 0.25) is 0 Å². The number of carboxylic acid groups (broad SMARTS) is 1. The van der Waals surface area contributed by atoms with Crippen LogP contribution < -0.4 is 10.2 Å². The molecule has 2 amide bonds. The van der Waals surface area contributed by atoms with E-state index in [1.54, 1.807) is 4.90 Å². The molecule has 1 aliphatic rings. The summed E-state index contributed by atoms with van der Waals surface area (Å²) in [4.78, 5) is 25.2. The Hall–Kier alpha value is -2.86. The molecule has 6 nitrogen and oxygen atoms in total. The molecule has 0 atom stereocenters. The summed E-state index contributed by atoms with van der Waals surface area (Å²) >= 11 is 0. The number of aliphatic carboxylic acids is 1. The van der Waals surface area contributed by atoms with E-state index in [0.29, 0.717) is 25.0 Å². The largest absolute Gasteiger partial charge is 0.480 e. The van der Waals surface area contributed by atoms with Crippen LogP contribution in [-0.4, -0.2) is 36.9 Å². The van der Waals surface area contributed by atoms with Gasteiger partial charge in [-0.3, -0.25) is 4.90 Å². The highest BCUT2D eigenvalue weighted by Gasteiger charge is 2.23. The number of carboxylic acids is 1. The Kier molecular flexibility index (Phi) is 7.64. The van der Waals surface area contributed by atoms with Crippen molar-refractivity contribution in [1.29, 1.82) is 0 Å². The van der Waals surface area contributed by atoms with Gasteiger partial charge in [0.05, 0.1) is 18.0 Å². The van der Waals surface area contributed by atoms with Gasteiger partial charge in [0.25, 0.3) is 0 Å². The molecule has 29 heavy (non-hydrogen) atoms. The van der Waals surface area contributed by atoms with Gasteiger partial charge in [0.1, 0.15) is 6.61 Å². The van der Waals surface area contributed by atoms with Crippen LogP contribution in [0.25, 0.3) is 0 Å². The normalized spacial score (nSPS) is 18.8. The first-order valence-electron chi connectivity index (χ1n) is 10.1. The number of carbonyl (C=O) groups excluding carboxylic acids is 1. The Balaban J connectivity index is 1.52. The minimum absolute atomic E-state index is 0.130. The molecule has 0 saturated heterocycles. The number of urea groups is 1. The molecular weight excluding hydrogens is 368 g/mol. The lowest BCUT2D eigenvalue weighted by atomic mass is 9.82. The van der Waals surface area contributed by atoms with E-state index in [9.17, 15) is 9.59 Å². The summed E-state index contributed by atoms with van der Waals surface area (Å²) < 4.78 is 5.22. The maximum atomic E-state index is 13.0. The Labute approximate surface area is 171 Å². The first-order valence-corrected chi connectivity index (χ1v) is 10.1. The molecule has 0 heterocycles. The molecule has 2 aromatic carbocycles. The van der Waals surface area contributed by atoms with E-state index in [1.165, 1.54) is 0 Å². The van der Waals surface area contributed by atoms with Crippen molar-refractivity contribution in [3.05, 3.63) is 60.7 Å². The van der Waals surface area contributed by atoms with E-state index in [1.807, 2.05) is 60.7 Å². The molecule has 1 saturated carbocycles. The number of para-hydroxylation sites is 2. The molecule has 154 valence electrons. The quantitative estimate of drug-likeness (QED) is 0.691. The van der Waals surface area contributed by atoms with E-state index < -0.39 is 5.97 Å². The second-order valence-electron chi connectivity index (χ2n) is 7.49. The molecule has 0 radical (unpaired) electrons. The summed E-state index contributed by atoms with van der Waals surface area (Å²) in [5.74, 6) is -0.0858. The minimum atomic E-state index is -0.928. The van der Waals surface area contributed by atoms with Crippen molar-refractivity contribution in [2.24, 2.45) is 11.8 Å². The lowest BCUT2D eigenvalue weighted by Gasteiger charge is -2.29. The lowest BCUT2D eigenvalue weighted by Crippen LogP contribution is -2.40. The molecule has 0 bridgehead atoms. The van der Waals surface area contributed by atoms with Crippen LogP contribution in [0.3, 0.4) is 0 Å². The Bertz CT molecular complexity index is 734. The van der Waals surface area contributed by atoms with Crippen LogP contribution in [-0.2, 0) is 9.53 Å². The molecular formula is C23H28N2O4. The van der Waals surface area contributed by atoms with Crippen LogP contribution in [0, 0.1) is 11.8 Å². The van der Waals surface area contributed by atoms with Gasteiger partial charge in [0.15, 0.2) is 0 Å². The molecule has 0 aromatic heterocycles. The zero-order valence-corrected chi connectivity index (χ0v) is 16.5. The maximum absolute atomic E-state index is 13.0. The number of hydrogen-bond acceptors (Lipinski definition) is 3. The Morgan fingerprint density at radius 2 is 1.41 bits per heavy atom. The van der Waals surface area contributed by atoms with E-state index in [4.69, 9.17) is 9.84 Å². The summed E-state index contributed by atoms with van der Waals surface area (Å²) in [5, 5.41) is 11.7. The molecule has 6 heteroatoms. The van der Waals surface area contributed by atoms with Gasteiger partial charge in [-0.1, -0.05) is 36.4 Å². The van der Waals surface area contributed by atoms with E-state index in [2.05, 4.69) is 5.32 Å². The van der Waals surface area contributed by atoms with Crippen molar-refractivity contribution in [3.63, 3.8) is 0 Å². The highest BCUT2D eigenvalue weighted by Crippen LogP contribution is 2.29. The van der Waals surface area contributed by atoms with Crippen LogP contribution in [0.5, 0.6) is 0 Å². The topological polar surface area (TPSA) is 78.9 Å². The van der Waals surface area contributed by atoms with Gasteiger partial charge in [-0.15, -0.1) is 0 Å². The number of nitrogens with zero attached hydrogens (tertiary/aromatic N) is 1. The van der Waals surface area contributed by atoms with Gasteiger partial charge in [0.2, 0.25) is 0 Å². The predicted molar refractivity (Wildman–Crippen MR) is 112 cm³/mol. The maximum Gasteiger partial charge on any atom is 0.329 e. The van der Waals surface area contributed by atoms with E-state index >= 15 is 0 Å². The monoisotopic (exact) mass is 396 g/mol. The van der Waals surface area contributed by atoms with Gasteiger partial charge in [0, 0.05) is 6.54 Å². The average molecular weight is 396 g/mol. The Morgan fingerprint density at radius 1 is 0.897 bits per heavy atom. The second-order valence-corrected chi connectivity index (χ2v) is 7.49. The number of nitrogens with one attached hydrogen (secondary N) is 1. The zero-order chi connectivity index (χ0) is 20.5. The highest BCUT2D eigenvalue weighted by atomic mass is 16.5. The fourth-order valence-corrected chi connectivity index (χ4v) is 3.76. The summed E-state index contributed by atoms with van der Waals surface area (Å²) in [6, 6.07) is 19.1. The molecule has 3 rings (SSSR count). The summed E-state index contributed by atoms with van der Waals surface area (Å²) in [6.07, 6.45) is 4.03. The van der Waals surface area contributed by atoms with Gasteiger partial charge >= 0.3 is 12.0 Å². The summed E-state index contributed by atoms with van der Waals surface area (Å²) in [7, 11) is 0. The standard InChI is InChI=1S/C23H28N2O4/c26-22(27)17-29-16-19-13-11-18(12-14-19)15-24-23(28)25(20-7-3-1-4-8-20)21-9-5-2-6-10-21/h1-10,18-19H,11-17H2,(H,24,28)(H,26,27). The summed E-state index contributed by atoms with van der Waals surface area (Å²) in [5.41, 5.74) is 1.66. The van der Waals surface area contributed by atoms with Crippen LogP contribution in [0.4, 0.5) is 16.2 Å². The molecule has 1 aliphatic carbocycles. The smallest absolute Gasteiger partial charge is 0.329 e. The number of amides is 2. The van der Waals surface area contributed by atoms with Crippen molar-refractivity contribution in [3.8, 4) is 0 Å². The Morgan fingerprint density at radius 3 is 1.93 bits per heavy atom. The third kappa shape index (κ3) is 6.32. The van der Waals surface area contributed by atoms with E-state index in [-0.39, 0.29) is 12.6 Å². The number of rotatable bonds is 8. The van der Waals surface area contributed by atoms with Gasteiger partial charge in [-0.25, -0.2) is 9.59 Å². The number of ether oxygens (including phenoxy) is 1. The molecule has 0 unspecified atom stereocenters. The molecule has 2 aromatic rings. The van der Waals surface area contributed by atoms with Crippen molar-refractivity contribution in [2.75, 3.05) is 24.7 Å². The molecule has 1 fully saturated rings. The van der Waals surface area contributed by atoms with Crippen molar-refractivity contribution in [2.45, 2.75) is 25.7 Å². The first-order chi connectivity index (χ1) is 14.1. The number of hydrogen-bond donors (Lipinski definition) is 2. The van der Waals surface area contributed by atoms with Crippen LogP contribution >= 0.6 is 0 Å². The van der Waals surface area contributed by atoms with Crippen molar-refractivity contribution >= 4 is 23.4 Å². The van der Waals surface area contributed by atoms with Gasteiger partial charge in [-0.05, 0) is 61.8 Å². The van der Waals surface area contributed by atoms with Crippen LogP contribution in [0.1, 0.15) is 25.7 Å². The number of anilines is 2. The number of benzene rings is 2. The highest BCUT2D eigenvalue weighted by molar-refractivity contribution is 5.99. The fraction of sp³-hybridized carbons (Fsp3) is 0.391. The van der Waals surface area contributed by atoms with Crippen molar-refractivity contribution in [1.82, 2.24) is 5.32 Å². The predicted octanol–water partition coefficient (Wildman–Crippen LogP) is 4.44. The molecule has 0 spiro atoms. The molecule has 0 aliphatic heterocycles. The minimum Gasteiger partial charge on any atom is -0.480 e. The fourth-order valence-electron chi connectivity index (χ4n) is 3.76. The SMILES string of the molecule is O=C(O)COCC1CCC(CNC(=O)N(c2ccccc2)c2ccccc2)CC1. The molecule has 2 N–H and O–H groups in total. The van der Waals surface area contributed by atoms with Crippen molar-refractivity contribution < 1.29 is 19.4 Å². The summed E-state index contributed by atoms with van der Waals surface area (Å²) in [6.45, 7) is 0.906. The zero-order valence-electron chi connectivity index (χ0n) is 16.5. The second kappa shape index (κ2) is 10.6. The average Bonchev–Trinajstić information content (AvgIpc) is 2.75. The first kappa shape index (κ1) is 20.9. The third-order valence-electron chi connectivity index (χ3n) is 5.32. The van der Waals surface area contributed by atoms with Gasteiger partial charge < -0.3 is 15.2 Å². The number of carbonyl (C=O) groups is 2. The van der Waals surface area contributed by atoms with Crippen LogP contribution in [0.15, 0.2) is 60.7 Å². The van der Waals surface area contributed by atoms with E-state index in [0.717, 1.165) is 37.1 Å². The third-order valence-corrected chi connectivity index (χ3v) is 5.32. The lowest BCUT2D eigenvalue weighted by molar-refractivity contribution is -0.142.